The minimum atomic E-state index is -0.567. The molecule has 0 saturated carbocycles. The van der Waals surface area contributed by atoms with E-state index in [2.05, 4.69) is 5.32 Å². The lowest BCUT2D eigenvalue weighted by atomic mass is 10.0. The molecule has 0 spiro atoms. The predicted molar refractivity (Wildman–Crippen MR) is 79.9 cm³/mol. The number of rotatable bonds is 2. The zero-order valence-electron chi connectivity index (χ0n) is 12.8. The first-order chi connectivity index (χ1) is 9.87. The van der Waals surface area contributed by atoms with Crippen molar-refractivity contribution < 1.29 is 14.3 Å². The number of benzene rings is 1. The predicted octanol–water partition coefficient (Wildman–Crippen LogP) is 1.96. The summed E-state index contributed by atoms with van der Waals surface area (Å²) in [5, 5.41) is 2.81. The maximum Gasteiger partial charge on any atom is 0.411 e. The molecule has 114 valence electrons. The van der Waals surface area contributed by atoms with Crippen molar-refractivity contribution in [3.63, 3.8) is 0 Å². The maximum atomic E-state index is 12.3. The zero-order chi connectivity index (χ0) is 15.5. The molecule has 1 fully saturated rings. The molecule has 21 heavy (non-hydrogen) atoms. The van der Waals surface area contributed by atoms with Gasteiger partial charge in [0.1, 0.15) is 11.6 Å². The number of hydrogen-bond donors (Lipinski definition) is 1. The van der Waals surface area contributed by atoms with E-state index in [4.69, 9.17) is 4.74 Å². The van der Waals surface area contributed by atoms with Gasteiger partial charge in [-0.05, 0) is 26.3 Å². The Balaban J connectivity index is 2.13. The molecule has 0 radical (unpaired) electrons. The second-order valence-electron chi connectivity index (χ2n) is 6.17. The Bertz CT molecular complexity index is 508. The van der Waals surface area contributed by atoms with E-state index in [0.717, 1.165) is 5.56 Å². The van der Waals surface area contributed by atoms with E-state index >= 15 is 0 Å². The Morgan fingerprint density at radius 2 is 2.00 bits per heavy atom. The molecule has 0 bridgehead atoms. The quantitative estimate of drug-likeness (QED) is 0.906. The van der Waals surface area contributed by atoms with Gasteiger partial charge in [-0.2, -0.15) is 0 Å². The molecule has 2 amide bonds. The van der Waals surface area contributed by atoms with Gasteiger partial charge in [0.15, 0.2) is 0 Å². The van der Waals surface area contributed by atoms with Crippen LogP contribution >= 0.6 is 0 Å². The summed E-state index contributed by atoms with van der Waals surface area (Å²) in [7, 11) is 0. The number of piperazine rings is 1. The van der Waals surface area contributed by atoms with Crippen LogP contribution in [0.1, 0.15) is 26.3 Å². The summed E-state index contributed by atoms with van der Waals surface area (Å²) >= 11 is 0. The van der Waals surface area contributed by atoms with Gasteiger partial charge in [0.2, 0.25) is 5.91 Å². The molecule has 0 aliphatic carbocycles. The summed E-state index contributed by atoms with van der Waals surface area (Å²) in [6.45, 7) is 6.39. The van der Waals surface area contributed by atoms with Crippen LogP contribution in [0, 0.1) is 0 Å². The van der Waals surface area contributed by atoms with Crippen molar-refractivity contribution >= 4 is 12.0 Å². The molecule has 1 saturated heterocycles. The molecule has 1 aliphatic rings. The molecule has 1 heterocycles. The summed E-state index contributed by atoms with van der Waals surface area (Å²) in [5.41, 5.74) is 0.454. The van der Waals surface area contributed by atoms with Gasteiger partial charge in [-0.3, -0.25) is 9.69 Å². The van der Waals surface area contributed by atoms with Crippen LogP contribution < -0.4 is 5.32 Å². The number of carbonyl (C=O) groups is 2. The minimum Gasteiger partial charge on any atom is -0.444 e. The van der Waals surface area contributed by atoms with E-state index < -0.39 is 17.7 Å². The molecule has 1 atom stereocenters. The van der Waals surface area contributed by atoms with Crippen molar-refractivity contribution in [2.75, 3.05) is 13.1 Å². The van der Waals surface area contributed by atoms with Gasteiger partial charge >= 0.3 is 6.09 Å². The van der Waals surface area contributed by atoms with Crippen molar-refractivity contribution in [3.8, 4) is 0 Å². The average molecular weight is 290 g/mol. The Morgan fingerprint density at radius 1 is 1.33 bits per heavy atom. The van der Waals surface area contributed by atoms with Gasteiger partial charge in [0.05, 0.1) is 0 Å². The average Bonchev–Trinajstić information content (AvgIpc) is 2.40. The van der Waals surface area contributed by atoms with Gasteiger partial charge in [-0.1, -0.05) is 30.3 Å². The van der Waals surface area contributed by atoms with E-state index in [0.29, 0.717) is 19.5 Å². The van der Waals surface area contributed by atoms with Crippen LogP contribution in [-0.4, -0.2) is 41.6 Å². The highest BCUT2D eigenvalue weighted by Gasteiger charge is 2.35. The van der Waals surface area contributed by atoms with E-state index in [9.17, 15) is 9.59 Å². The Hall–Kier alpha value is -2.04. The van der Waals surface area contributed by atoms with Gasteiger partial charge in [-0.15, -0.1) is 0 Å². The number of ether oxygens (including phenoxy) is 1. The largest absolute Gasteiger partial charge is 0.444 e. The molecule has 5 heteroatoms. The molecule has 0 unspecified atom stereocenters. The van der Waals surface area contributed by atoms with Crippen LogP contribution in [0.25, 0.3) is 0 Å². The highest BCUT2D eigenvalue weighted by molar-refractivity contribution is 5.87. The van der Waals surface area contributed by atoms with Crippen molar-refractivity contribution in [1.29, 1.82) is 0 Å². The fraction of sp³-hybridized carbons (Fsp3) is 0.500. The lowest BCUT2D eigenvalue weighted by Gasteiger charge is -2.36. The third kappa shape index (κ3) is 4.21. The van der Waals surface area contributed by atoms with Gasteiger partial charge in [0.25, 0.3) is 0 Å². The summed E-state index contributed by atoms with van der Waals surface area (Å²) in [4.78, 5) is 25.9. The standard InChI is InChI=1S/C16H22N2O3/c1-16(2,3)21-15(20)18-10-9-17-14(19)13(18)11-12-7-5-4-6-8-12/h4-8,13H,9-11H2,1-3H3,(H,17,19)/t13-/m1/s1. The topological polar surface area (TPSA) is 58.6 Å². The highest BCUT2D eigenvalue weighted by Crippen LogP contribution is 2.16. The fourth-order valence-corrected chi connectivity index (χ4v) is 2.29. The van der Waals surface area contributed by atoms with Crippen LogP contribution in [0.4, 0.5) is 4.79 Å². The smallest absolute Gasteiger partial charge is 0.411 e. The van der Waals surface area contributed by atoms with Crippen LogP contribution in [0.3, 0.4) is 0 Å². The fourth-order valence-electron chi connectivity index (χ4n) is 2.29. The summed E-state index contributed by atoms with van der Waals surface area (Å²) in [5.74, 6) is -0.129. The molecule has 1 aromatic carbocycles. The van der Waals surface area contributed by atoms with Gasteiger partial charge < -0.3 is 10.1 Å². The molecule has 1 aromatic rings. The van der Waals surface area contributed by atoms with Crippen molar-refractivity contribution in [1.82, 2.24) is 10.2 Å². The SMILES string of the molecule is CC(C)(C)OC(=O)N1CCNC(=O)[C@H]1Cc1ccccc1. The van der Waals surface area contributed by atoms with Crippen molar-refractivity contribution in [3.05, 3.63) is 35.9 Å². The van der Waals surface area contributed by atoms with Crippen LogP contribution in [-0.2, 0) is 16.0 Å². The normalized spacial score (nSPS) is 19.1. The first-order valence-corrected chi connectivity index (χ1v) is 7.18. The maximum absolute atomic E-state index is 12.3. The van der Waals surface area contributed by atoms with Crippen molar-refractivity contribution in [2.45, 2.75) is 38.8 Å². The third-order valence-corrected chi connectivity index (χ3v) is 3.23. The summed E-state index contributed by atoms with van der Waals surface area (Å²) in [6, 6.07) is 9.17. The lowest BCUT2D eigenvalue weighted by molar-refractivity contribution is -0.128. The number of carbonyl (C=O) groups excluding carboxylic acids is 2. The Labute approximate surface area is 125 Å². The van der Waals surface area contributed by atoms with E-state index in [1.165, 1.54) is 4.90 Å². The molecule has 0 aromatic heterocycles. The first-order valence-electron chi connectivity index (χ1n) is 7.18. The van der Waals surface area contributed by atoms with Gasteiger partial charge in [0, 0.05) is 19.5 Å². The molecule has 1 aliphatic heterocycles. The summed E-state index contributed by atoms with van der Waals surface area (Å²) < 4.78 is 5.40. The second kappa shape index (κ2) is 6.16. The molecule has 2 rings (SSSR count). The molecule has 1 N–H and O–H groups in total. The number of amides is 2. The number of hydrogen-bond acceptors (Lipinski definition) is 3. The molecular weight excluding hydrogens is 268 g/mol. The first kappa shape index (κ1) is 15.4. The lowest BCUT2D eigenvalue weighted by Crippen LogP contribution is -2.58. The Kier molecular flexibility index (Phi) is 4.50. The number of nitrogens with zero attached hydrogens (tertiary/aromatic N) is 1. The third-order valence-electron chi connectivity index (χ3n) is 3.23. The van der Waals surface area contributed by atoms with E-state index in [1.54, 1.807) is 0 Å². The van der Waals surface area contributed by atoms with Gasteiger partial charge in [-0.25, -0.2) is 4.79 Å². The van der Waals surface area contributed by atoms with E-state index in [-0.39, 0.29) is 5.91 Å². The summed E-state index contributed by atoms with van der Waals surface area (Å²) in [6.07, 6.45) is 0.0598. The Morgan fingerprint density at radius 3 is 2.62 bits per heavy atom. The molecule has 5 nitrogen and oxygen atoms in total. The van der Waals surface area contributed by atoms with Crippen LogP contribution in [0.2, 0.25) is 0 Å². The van der Waals surface area contributed by atoms with Crippen LogP contribution in [0.5, 0.6) is 0 Å². The zero-order valence-corrected chi connectivity index (χ0v) is 12.8. The minimum absolute atomic E-state index is 0.129. The van der Waals surface area contributed by atoms with Crippen LogP contribution in [0.15, 0.2) is 30.3 Å². The second-order valence-corrected chi connectivity index (χ2v) is 6.17. The number of nitrogens with one attached hydrogen (secondary N) is 1. The molecular formula is C16H22N2O3. The highest BCUT2D eigenvalue weighted by atomic mass is 16.6. The van der Waals surface area contributed by atoms with Crippen molar-refractivity contribution in [2.24, 2.45) is 0 Å². The monoisotopic (exact) mass is 290 g/mol. The van der Waals surface area contributed by atoms with E-state index in [1.807, 2.05) is 51.1 Å².